The summed E-state index contributed by atoms with van der Waals surface area (Å²) in [6, 6.07) is 7.40. The van der Waals surface area contributed by atoms with Crippen molar-refractivity contribution in [1.29, 1.82) is 0 Å². The Morgan fingerprint density at radius 2 is 2.04 bits per heavy atom. The molecule has 0 fully saturated rings. The van der Waals surface area contributed by atoms with Gasteiger partial charge >= 0.3 is 0 Å². The number of nitrogens with one attached hydrogen (secondary N) is 1. The van der Waals surface area contributed by atoms with Crippen molar-refractivity contribution in [3.05, 3.63) is 68.1 Å². The van der Waals surface area contributed by atoms with Gasteiger partial charge in [0.25, 0.3) is 11.2 Å². The van der Waals surface area contributed by atoms with E-state index in [1.54, 1.807) is 0 Å². The summed E-state index contributed by atoms with van der Waals surface area (Å²) in [6.07, 6.45) is -1.72. The van der Waals surface area contributed by atoms with Gasteiger partial charge in [-0.2, -0.15) is 0 Å². The van der Waals surface area contributed by atoms with Gasteiger partial charge in [0.05, 0.1) is 23.1 Å². The molecule has 0 amide bonds. The maximum absolute atomic E-state index is 12.5. The van der Waals surface area contributed by atoms with Crippen molar-refractivity contribution in [3.8, 4) is 11.5 Å². The number of aliphatic hydroxyl groups is 1. The number of nitro benzene ring substituents is 1. The topological polar surface area (TPSA) is 156 Å². The summed E-state index contributed by atoms with van der Waals surface area (Å²) in [5.74, 6) is -1.10. The molecule has 3 N–H and O–H groups in total. The monoisotopic (exact) mass is 371 g/mol. The number of rotatable bonds is 5. The molecule has 10 nitrogen and oxygen atoms in total. The van der Waals surface area contributed by atoms with Gasteiger partial charge < -0.3 is 19.9 Å². The number of nitro groups is 1. The fourth-order valence-corrected chi connectivity index (χ4v) is 2.50. The Bertz CT molecular complexity index is 1120. The zero-order valence-electron chi connectivity index (χ0n) is 13.9. The molecule has 10 heteroatoms. The molecule has 1 heterocycles. The number of fused-ring (bicyclic) bond motifs is 1. The number of ketones is 1. The number of H-pyrrole nitrogens is 1. The molecular weight excluding hydrogens is 358 g/mol. The molecule has 27 heavy (non-hydrogen) atoms. The van der Waals surface area contributed by atoms with Gasteiger partial charge in [0, 0.05) is 12.1 Å². The standard InChI is InChI=1S/C17H13N3O7/c1-27-13-6-8(2-5-12(13)21)15(22)16(23)14-17(24)19-11-7-9(20(25)26)3-4-10(11)18-14/h2-7,15,21-22H,1H3,(H,19,24)/t15-/m1/s1. The molecule has 0 aliphatic heterocycles. The number of phenols is 1. The summed E-state index contributed by atoms with van der Waals surface area (Å²) < 4.78 is 4.92. The van der Waals surface area contributed by atoms with E-state index in [9.17, 15) is 29.9 Å². The minimum Gasteiger partial charge on any atom is -0.504 e. The molecule has 0 aliphatic rings. The first-order valence-electron chi connectivity index (χ1n) is 7.59. The number of aliphatic hydroxyl groups excluding tert-OH is 1. The van der Waals surface area contributed by atoms with Crippen LogP contribution in [0.1, 0.15) is 22.2 Å². The number of aromatic amines is 1. The number of methoxy groups -OCH3 is 1. The average Bonchev–Trinajstić information content (AvgIpc) is 2.66. The van der Waals surface area contributed by atoms with Crippen LogP contribution in [0.3, 0.4) is 0 Å². The molecule has 1 aromatic heterocycles. The summed E-state index contributed by atoms with van der Waals surface area (Å²) in [4.78, 5) is 41.2. The number of hydrogen-bond acceptors (Lipinski definition) is 8. The van der Waals surface area contributed by atoms with Crippen LogP contribution in [0.15, 0.2) is 41.2 Å². The van der Waals surface area contributed by atoms with Crippen LogP contribution in [-0.4, -0.2) is 38.0 Å². The van der Waals surface area contributed by atoms with Crippen molar-refractivity contribution in [1.82, 2.24) is 9.97 Å². The quantitative estimate of drug-likeness (QED) is 0.346. The SMILES string of the molecule is COc1cc([C@@H](O)C(=O)c2nc3ccc([N+](=O)[O-])cc3[nH]c2=O)ccc1O. The second-order valence-corrected chi connectivity index (χ2v) is 5.57. The predicted octanol–water partition coefficient (Wildman–Crippen LogP) is 1.46. The molecule has 0 saturated heterocycles. The van der Waals surface area contributed by atoms with Gasteiger partial charge in [-0.25, -0.2) is 4.98 Å². The summed E-state index contributed by atoms with van der Waals surface area (Å²) in [5, 5.41) is 30.7. The molecule has 138 valence electrons. The third-order valence-electron chi connectivity index (χ3n) is 3.89. The Labute approximate surface area is 150 Å². The van der Waals surface area contributed by atoms with Gasteiger partial charge in [0.2, 0.25) is 5.78 Å². The fraction of sp³-hybridized carbons (Fsp3) is 0.118. The van der Waals surface area contributed by atoms with E-state index in [0.717, 1.165) is 6.07 Å². The lowest BCUT2D eigenvalue weighted by atomic mass is 10.0. The zero-order valence-corrected chi connectivity index (χ0v) is 13.9. The summed E-state index contributed by atoms with van der Waals surface area (Å²) >= 11 is 0. The normalized spacial score (nSPS) is 11.9. The van der Waals surface area contributed by atoms with Crippen LogP contribution in [0, 0.1) is 10.1 Å². The molecule has 0 saturated carbocycles. The van der Waals surface area contributed by atoms with E-state index < -0.39 is 28.1 Å². The first-order valence-corrected chi connectivity index (χ1v) is 7.59. The number of aromatic hydroxyl groups is 1. The van der Waals surface area contributed by atoms with E-state index in [0.29, 0.717) is 0 Å². The van der Waals surface area contributed by atoms with Crippen molar-refractivity contribution in [2.24, 2.45) is 0 Å². The van der Waals surface area contributed by atoms with E-state index >= 15 is 0 Å². The summed E-state index contributed by atoms with van der Waals surface area (Å²) in [5.41, 5.74) is -1.34. The number of phenolic OH excluding ortho intramolecular Hbond substituents is 1. The van der Waals surface area contributed by atoms with Crippen LogP contribution < -0.4 is 10.3 Å². The van der Waals surface area contributed by atoms with Gasteiger partial charge in [-0.15, -0.1) is 0 Å². The number of hydrogen-bond donors (Lipinski definition) is 3. The fourth-order valence-electron chi connectivity index (χ4n) is 2.50. The number of aromatic nitrogens is 2. The van der Waals surface area contributed by atoms with Crippen LogP contribution >= 0.6 is 0 Å². The maximum atomic E-state index is 12.5. The second-order valence-electron chi connectivity index (χ2n) is 5.57. The van der Waals surface area contributed by atoms with Crippen molar-refractivity contribution in [2.45, 2.75) is 6.10 Å². The lowest BCUT2D eigenvalue weighted by molar-refractivity contribution is -0.384. The minimum atomic E-state index is -1.72. The first kappa shape index (κ1) is 18.0. The van der Waals surface area contributed by atoms with Gasteiger partial charge in [0.1, 0.15) is 6.10 Å². The Kier molecular flexibility index (Phi) is 4.57. The van der Waals surface area contributed by atoms with E-state index in [-0.39, 0.29) is 33.8 Å². The molecule has 0 radical (unpaired) electrons. The molecule has 1 atom stereocenters. The summed E-state index contributed by atoms with van der Waals surface area (Å²) in [7, 11) is 1.31. The van der Waals surface area contributed by atoms with Crippen molar-refractivity contribution < 1.29 is 24.7 Å². The summed E-state index contributed by atoms with van der Waals surface area (Å²) in [6.45, 7) is 0. The lowest BCUT2D eigenvalue weighted by Crippen LogP contribution is -2.24. The molecule has 0 aliphatic carbocycles. The molecule has 0 unspecified atom stereocenters. The maximum Gasteiger partial charge on any atom is 0.278 e. The van der Waals surface area contributed by atoms with Gasteiger partial charge in [0.15, 0.2) is 17.2 Å². The number of benzene rings is 2. The molecule has 0 bridgehead atoms. The van der Waals surface area contributed by atoms with Crippen LogP contribution in [0.5, 0.6) is 11.5 Å². The van der Waals surface area contributed by atoms with Crippen LogP contribution in [0.25, 0.3) is 11.0 Å². The third kappa shape index (κ3) is 3.33. The van der Waals surface area contributed by atoms with Gasteiger partial charge in [-0.05, 0) is 23.8 Å². The van der Waals surface area contributed by atoms with E-state index in [1.165, 1.54) is 37.4 Å². The van der Waals surface area contributed by atoms with Crippen LogP contribution in [-0.2, 0) is 0 Å². The number of ether oxygens (including phenoxy) is 1. The Hall–Kier alpha value is -3.79. The number of non-ortho nitro benzene ring substituents is 1. The van der Waals surface area contributed by atoms with E-state index in [2.05, 4.69) is 9.97 Å². The van der Waals surface area contributed by atoms with Gasteiger partial charge in [-0.1, -0.05) is 6.07 Å². The molecule has 2 aromatic carbocycles. The van der Waals surface area contributed by atoms with E-state index in [1.807, 2.05) is 0 Å². The zero-order chi connectivity index (χ0) is 19.7. The van der Waals surface area contributed by atoms with Gasteiger partial charge in [-0.3, -0.25) is 19.7 Å². The van der Waals surface area contributed by atoms with Crippen LogP contribution in [0.4, 0.5) is 5.69 Å². The lowest BCUT2D eigenvalue weighted by Gasteiger charge is -2.11. The minimum absolute atomic E-state index is 0.0482. The highest BCUT2D eigenvalue weighted by Gasteiger charge is 2.25. The van der Waals surface area contributed by atoms with E-state index in [4.69, 9.17) is 4.74 Å². The van der Waals surface area contributed by atoms with Crippen LogP contribution in [0.2, 0.25) is 0 Å². The van der Waals surface area contributed by atoms with Crippen molar-refractivity contribution in [3.63, 3.8) is 0 Å². The second kappa shape index (κ2) is 6.84. The highest BCUT2D eigenvalue weighted by molar-refractivity contribution is 5.99. The van der Waals surface area contributed by atoms with Crippen molar-refractivity contribution in [2.75, 3.05) is 7.11 Å². The number of nitrogens with zero attached hydrogens (tertiary/aromatic N) is 2. The highest BCUT2D eigenvalue weighted by atomic mass is 16.6. The Balaban J connectivity index is 2.02. The number of carbonyl (C=O) groups excluding carboxylic acids is 1. The average molecular weight is 371 g/mol. The number of Topliss-reactive ketones (excluding diaryl/α,β-unsaturated/α-hetero) is 1. The molecular formula is C17H13N3O7. The molecule has 0 spiro atoms. The Morgan fingerprint density at radius 3 is 2.70 bits per heavy atom. The largest absolute Gasteiger partial charge is 0.504 e. The third-order valence-corrected chi connectivity index (χ3v) is 3.89. The molecule has 3 rings (SSSR count). The highest BCUT2D eigenvalue weighted by Crippen LogP contribution is 2.29. The Morgan fingerprint density at radius 1 is 1.30 bits per heavy atom. The first-order chi connectivity index (χ1) is 12.8. The molecule has 3 aromatic rings. The van der Waals surface area contributed by atoms with Crippen molar-refractivity contribution >= 4 is 22.5 Å². The smallest absolute Gasteiger partial charge is 0.278 e. The predicted molar refractivity (Wildman–Crippen MR) is 93.0 cm³/mol. The number of carbonyl (C=O) groups is 1.